The van der Waals surface area contributed by atoms with Gasteiger partial charge in [0, 0.05) is 7.11 Å². The lowest BCUT2D eigenvalue weighted by Gasteiger charge is -1.84. The summed E-state index contributed by atoms with van der Waals surface area (Å²) in [5.41, 5.74) is 0. The summed E-state index contributed by atoms with van der Waals surface area (Å²) < 4.78 is 4.44. The maximum atomic E-state index is 7.94. The van der Waals surface area contributed by atoms with Gasteiger partial charge < -0.3 is 9.84 Å². The summed E-state index contributed by atoms with van der Waals surface area (Å²) in [6.07, 6.45) is 0. The van der Waals surface area contributed by atoms with Crippen LogP contribution in [0.3, 0.4) is 0 Å². The van der Waals surface area contributed by atoms with Gasteiger partial charge in [0.25, 0.3) is 0 Å². The van der Waals surface area contributed by atoms with E-state index < -0.39 is 0 Å². The Kier molecular flexibility index (Phi) is 24.1. The zero-order valence-electron chi connectivity index (χ0n) is 4.42. The van der Waals surface area contributed by atoms with Crippen molar-refractivity contribution in [1.29, 1.82) is 0 Å². The molecule has 0 aromatic carbocycles. The van der Waals surface area contributed by atoms with Crippen LogP contribution in [0.25, 0.3) is 0 Å². The van der Waals surface area contributed by atoms with Gasteiger partial charge in [0.1, 0.15) is 0 Å². The van der Waals surface area contributed by atoms with E-state index in [1.165, 1.54) is 0 Å². The summed E-state index contributed by atoms with van der Waals surface area (Å²) in [4.78, 5) is 0. The van der Waals surface area contributed by atoms with Crippen molar-refractivity contribution < 1.29 is 9.84 Å². The van der Waals surface area contributed by atoms with Crippen molar-refractivity contribution >= 4 is 0 Å². The van der Waals surface area contributed by atoms with Crippen molar-refractivity contribution in [2.75, 3.05) is 20.3 Å². The van der Waals surface area contributed by atoms with Gasteiger partial charge in [-0.15, -0.1) is 0 Å². The number of hydrogen-bond acceptors (Lipinski definition) is 4. The number of ether oxygens (including phenoxy) is 1. The number of aliphatic hydroxyl groups excluding tert-OH is 1. The zero-order chi connectivity index (χ0) is 6.12. The van der Waals surface area contributed by atoms with Gasteiger partial charge in [-0.2, -0.15) is 0 Å². The molecule has 0 radical (unpaired) electrons. The molecule has 0 atom stereocenters. The summed E-state index contributed by atoms with van der Waals surface area (Å²) in [5, 5.41) is 7.94. The minimum absolute atomic E-state index is 0.122. The third-order valence-electron chi connectivity index (χ3n) is 0.295. The van der Waals surface area contributed by atoms with Crippen molar-refractivity contribution in [2.45, 2.75) is 0 Å². The van der Waals surface area contributed by atoms with Gasteiger partial charge in [-0.3, -0.25) is 11.7 Å². The number of rotatable bonds is 2. The first-order valence-corrected chi connectivity index (χ1v) is 1.85. The quantitative estimate of drug-likeness (QED) is 0.295. The van der Waals surface area contributed by atoms with E-state index in [0.717, 1.165) is 0 Å². The Morgan fingerprint density at radius 2 is 2.00 bits per heavy atom. The van der Waals surface area contributed by atoms with Crippen LogP contribution in [-0.4, -0.2) is 25.4 Å². The van der Waals surface area contributed by atoms with Crippen molar-refractivity contribution in [1.82, 2.24) is 0 Å². The Bertz CT molecular complexity index is 18.4. The maximum absolute atomic E-state index is 7.94. The third kappa shape index (κ3) is 25.4. The van der Waals surface area contributed by atoms with E-state index in [2.05, 4.69) is 16.4 Å². The Morgan fingerprint density at radius 1 is 1.57 bits per heavy atom. The lowest BCUT2D eigenvalue weighted by Crippen LogP contribution is -2.02. The predicted octanol–water partition coefficient (Wildman–Crippen LogP) is -1.56. The molecule has 7 heavy (non-hydrogen) atoms. The fourth-order valence-electron chi connectivity index (χ4n) is 0.0913. The van der Waals surface area contributed by atoms with Crippen LogP contribution in [-0.2, 0) is 4.74 Å². The summed E-state index contributed by atoms with van der Waals surface area (Å²) in [5.74, 6) is 8.00. The number of aliphatic hydroxyl groups is 1. The van der Waals surface area contributed by atoms with Crippen molar-refractivity contribution in [3.05, 3.63) is 0 Å². The first kappa shape index (κ1) is 9.96. The number of hydrazine groups is 1. The van der Waals surface area contributed by atoms with Gasteiger partial charge in [0.05, 0.1) is 13.2 Å². The summed E-state index contributed by atoms with van der Waals surface area (Å²) >= 11 is 0. The van der Waals surface area contributed by atoms with E-state index in [4.69, 9.17) is 5.11 Å². The lowest BCUT2D eigenvalue weighted by molar-refractivity contribution is 0.135. The Hall–Kier alpha value is -0.160. The average Bonchev–Trinajstić information content (AvgIpc) is 1.75. The molecule has 4 nitrogen and oxygen atoms in total. The second kappa shape index (κ2) is 17.0. The number of methoxy groups -OCH3 is 1. The Balaban J connectivity index is 0. The van der Waals surface area contributed by atoms with Crippen LogP contribution in [0, 0.1) is 0 Å². The van der Waals surface area contributed by atoms with Gasteiger partial charge in [0.15, 0.2) is 0 Å². The Morgan fingerprint density at radius 3 is 2.00 bits per heavy atom. The molecule has 0 aliphatic heterocycles. The van der Waals surface area contributed by atoms with Crippen LogP contribution < -0.4 is 11.7 Å². The highest BCUT2D eigenvalue weighted by atomic mass is 16.5. The molecule has 0 fully saturated rings. The average molecular weight is 108 g/mol. The first-order chi connectivity index (χ1) is 3.41. The topological polar surface area (TPSA) is 81.5 Å². The van der Waals surface area contributed by atoms with Crippen LogP contribution in [0.5, 0.6) is 0 Å². The van der Waals surface area contributed by atoms with Crippen LogP contribution in [0.2, 0.25) is 0 Å². The first-order valence-electron chi connectivity index (χ1n) is 1.85. The molecule has 0 bridgehead atoms. The molecule has 0 aliphatic carbocycles. The molecule has 0 saturated heterocycles. The molecule has 0 rings (SSSR count). The van der Waals surface area contributed by atoms with Crippen LogP contribution in [0.1, 0.15) is 0 Å². The summed E-state index contributed by atoms with van der Waals surface area (Å²) in [7, 11) is 1.55. The van der Waals surface area contributed by atoms with Gasteiger partial charge in [-0.05, 0) is 0 Å². The molecule has 0 unspecified atom stereocenters. The summed E-state index contributed by atoms with van der Waals surface area (Å²) in [6.45, 7) is 0.566. The monoisotopic (exact) mass is 108 g/mol. The third-order valence-corrected chi connectivity index (χ3v) is 0.295. The lowest BCUT2D eigenvalue weighted by atomic mass is 10.8. The van der Waals surface area contributed by atoms with E-state index in [1.807, 2.05) is 0 Å². The standard InChI is InChI=1S/C3H8O2.H4N2/c1-5-3-2-4;1-2/h4H,2-3H2,1H3;1-2H2. The van der Waals surface area contributed by atoms with Crippen molar-refractivity contribution in [3.8, 4) is 0 Å². The van der Waals surface area contributed by atoms with Gasteiger partial charge >= 0.3 is 0 Å². The SMILES string of the molecule is COCCO.NN. The second-order valence-corrected chi connectivity index (χ2v) is 0.716. The molecule has 5 N–H and O–H groups in total. The largest absolute Gasteiger partial charge is 0.394 e. The highest BCUT2D eigenvalue weighted by Gasteiger charge is 1.67. The number of hydrogen-bond donors (Lipinski definition) is 3. The molecular weight excluding hydrogens is 96.0 g/mol. The number of nitrogens with two attached hydrogens (primary N) is 2. The van der Waals surface area contributed by atoms with E-state index in [-0.39, 0.29) is 6.61 Å². The van der Waals surface area contributed by atoms with E-state index >= 15 is 0 Å². The normalized spacial score (nSPS) is 6.86. The fourth-order valence-corrected chi connectivity index (χ4v) is 0.0913. The van der Waals surface area contributed by atoms with Crippen LogP contribution in [0.15, 0.2) is 0 Å². The molecule has 0 saturated carbocycles. The van der Waals surface area contributed by atoms with E-state index in [9.17, 15) is 0 Å². The van der Waals surface area contributed by atoms with E-state index in [1.54, 1.807) is 7.11 Å². The molecule has 0 spiro atoms. The zero-order valence-corrected chi connectivity index (χ0v) is 4.42. The molecule has 0 aromatic heterocycles. The minimum atomic E-state index is 0.122. The maximum Gasteiger partial charge on any atom is 0.0693 e. The van der Waals surface area contributed by atoms with Crippen LogP contribution >= 0.6 is 0 Å². The molecular formula is C3H12N2O2. The van der Waals surface area contributed by atoms with E-state index in [0.29, 0.717) is 6.61 Å². The van der Waals surface area contributed by atoms with Gasteiger partial charge in [-0.1, -0.05) is 0 Å². The molecule has 0 aromatic rings. The van der Waals surface area contributed by atoms with Crippen LogP contribution in [0.4, 0.5) is 0 Å². The smallest absolute Gasteiger partial charge is 0.0693 e. The van der Waals surface area contributed by atoms with Crippen molar-refractivity contribution in [3.63, 3.8) is 0 Å². The molecule has 46 valence electrons. The second-order valence-electron chi connectivity index (χ2n) is 0.716. The molecule has 0 aliphatic rings. The Labute approximate surface area is 43.0 Å². The minimum Gasteiger partial charge on any atom is -0.394 e. The van der Waals surface area contributed by atoms with Crippen molar-refractivity contribution in [2.24, 2.45) is 11.7 Å². The highest BCUT2D eigenvalue weighted by molar-refractivity contribution is 4.12. The highest BCUT2D eigenvalue weighted by Crippen LogP contribution is 1.56. The molecule has 0 amide bonds. The fraction of sp³-hybridized carbons (Fsp3) is 1.00. The van der Waals surface area contributed by atoms with Gasteiger partial charge in [-0.25, -0.2) is 0 Å². The predicted molar refractivity (Wildman–Crippen MR) is 27.3 cm³/mol. The molecule has 4 heteroatoms. The summed E-state index contributed by atoms with van der Waals surface area (Å²) in [6, 6.07) is 0. The molecule has 0 heterocycles. The van der Waals surface area contributed by atoms with Gasteiger partial charge in [0.2, 0.25) is 0 Å².